The van der Waals surface area contributed by atoms with Crippen molar-refractivity contribution in [3.63, 3.8) is 0 Å². The Morgan fingerprint density at radius 1 is 0.863 bits per heavy atom. The Balaban J connectivity index is 1.14. The van der Waals surface area contributed by atoms with Crippen molar-refractivity contribution in [3.8, 4) is 17.2 Å². The third kappa shape index (κ3) is 5.26. The molecular formula is C42H32BrNO7. The van der Waals surface area contributed by atoms with Gasteiger partial charge in [-0.3, -0.25) is 24.1 Å². The summed E-state index contributed by atoms with van der Waals surface area (Å²) in [5, 5.41) is 13.1. The van der Waals surface area contributed by atoms with Crippen LogP contribution in [0.2, 0.25) is 0 Å². The van der Waals surface area contributed by atoms with Crippen molar-refractivity contribution in [2.45, 2.75) is 18.8 Å². The van der Waals surface area contributed by atoms with Gasteiger partial charge in [0.05, 0.1) is 36.2 Å². The topological polar surface area (TPSA) is 110 Å². The van der Waals surface area contributed by atoms with E-state index in [4.69, 9.17) is 9.47 Å². The number of phenols is 1. The zero-order valence-corrected chi connectivity index (χ0v) is 29.3. The number of ether oxygens (including phenoxy) is 2. The lowest BCUT2D eigenvalue weighted by Crippen LogP contribution is -2.39. The van der Waals surface area contributed by atoms with Gasteiger partial charge in [0, 0.05) is 39.7 Å². The normalized spacial score (nSPS) is 22.9. The largest absolute Gasteiger partial charge is 0.507 e. The lowest BCUT2D eigenvalue weighted by atomic mass is 9.59. The summed E-state index contributed by atoms with van der Waals surface area (Å²) in [7, 11) is 3.21. The number of carbonyl (C=O) groups is 4. The van der Waals surface area contributed by atoms with E-state index in [1.807, 2.05) is 78.9 Å². The quantitative estimate of drug-likeness (QED) is 0.0934. The Labute approximate surface area is 302 Å². The second kappa shape index (κ2) is 12.7. The second-order valence-corrected chi connectivity index (χ2v) is 14.0. The van der Waals surface area contributed by atoms with Gasteiger partial charge < -0.3 is 14.6 Å². The van der Waals surface area contributed by atoms with Crippen LogP contribution in [-0.4, -0.2) is 42.7 Å². The monoisotopic (exact) mass is 741 g/mol. The average molecular weight is 743 g/mol. The molecule has 1 saturated heterocycles. The maximum atomic E-state index is 14.4. The number of hydrogen-bond acceptors (Lipinski definition) is 7. The molecule has 0 unspecified atom stereocenters. The number of benzene rings is 4. The van der Waals surface area contributed by atoms with Gasteiger partial charge in [-0.25, -0.2) is 0 Å². The van der Waals surface area contributed by atoms with E-state index < -0.39 is 23.7 Å². The van der Waals surface area contributed by atoms with Crippen molar-refractivity contribution in [2.24, 2.45) is 17.8 Å². The molecule has 4 aromatic carbocycles. The van der Waals surface area contributed by atoms with Crippen molar-refractivity contribution in [2.75, 3.05) is 19.1 Å². The van der Waals surface area contributed by atoms with Crippen LogP contribution in [0.5, 0.6) is 17.2 Å². The van der Waals surface area contributed by atoms with Gasteiger partial charge in [0.15, 0.2) is 11.6 Å². The molecule has 0 saturated carbocycles. The van der Waals surface area contributed by atoms with E-state index in [9.17, 15) is 24.3 Å². The fourth-order valence-corrected chi connectivity index (χ4v) is 8.66. The number of ketones is 2. The fraction of sp³-hybridized carbons (Fsp3) is 0.190. The predicted octanol–water partition coefficient (Wildman–Crippen LogP) is 7.70. The van der Waals surface area contributed by atoms with Crippen LogP contribution < -0.4 is 14.4 Å². The molecule has 9 heteroatoms. The number of methoxy groups -OCH3 is 2. The summed E-state index contributed by atoms with van der Waals surface area (Å²) in [6.45, 7) is 0. The first-order valence-electron chi connectivity index (χ1n) is 16.7. The molecule has 0 radical (unpaired) electrons. The Bertz CT molecular complexity index is 2320. The van der Waals surface area contributed by atoms with E-state index >= 15 is 0 Å². The number of phenolic OH excluding ortho intramolecular Hbond substituents is 1. The van der Waals surface area contributed by atoms with Crippen molar-refractivity contribution in [1.82, 2.24) is 0 Å². The highest BCUT2D eigenvalue weighted by molar-refractivity contribution is 9.12. The fourth-order valence-electron chi connectivity index (χ4n) is 8.21. The molecule has 2 amide bonds. The molecule has 51 heavy (non-hydrogen) atoms. The standard InChI is InChI=1S/C42H32BrNO7/c1-50-26-14-18-35(51-2)24(19-26)10-7-22-8-12-25(13-9-22)44-41(48)30-17-16-28-31(37(30)42(44)49)20-32-38(34(45)21-33(43)40(32)47)36(28)29-15-11-23-5-3-4-6-27(23)39(29)46/h3-16,18-19,21,30-31,36-37,46H,17,20H2,1-2H3/t30-,31+,36+,37-/m0/s1. The number of carbonyl (C=O) groups excluding carboxylic acids is 4. The number of allylic oxidation sites excluding steroid dienone is 6. The molecular weight excluding hydrogens is 710 g/mol. The van der Waals surface area contributed by atoms with E-state index in [2.05, 4.69) is 15.9 Å². The minimum absolute atomic E-state index is 0.0249. The molecule has 3 aliphatic carbocycles. The van der Waals surface area contributed by atoms with Crippen molar-refractivity contribution in [1.29, 1.82) is 0 Å². The smallest absolute Gasteiger partial charge is 0.238 e. The number of fused-ring (bicyclic) bond motifs is 4. The van der Waals surface area contributed by atoms with Crippen molar-refractivity contribution in [3.05, 3.63) is 129 Å². The predicted molar refractivity (Wildman–Crippen MR) is 198 cm³/mol. The van der Waals surface area contributed by atoms with Crippen LogP contribution >= 0.6 is 15.9 Å². The number of anilines is 1. The summed E-state index contributed by atoms with van der Waals surface area (Å²) in [6.07, 6.45) is 7.51. The lowest BCUT2D eigenvalue weighted by Gasteiger charge is -2.42. The lowest BCUT2D eigenvalue weighted by molar-refractivity contribution is -0.123. The molecule has 8 rings (SSSR count). The average Bonchev–Trinajstić information content (AvgIpc) is 3.41. The number of aromatic hydroxyl groups is 1. The molecule has 4 aromatic rings. The molecule has 1 fully saturated rings. The summed E-state index contributed by atoms with van der Waals surface area (Å²) in [5.41, 5.74) is 4.06. The van der Waals surface area contributed by atoms with Crippen LogP contribution in [0.3, 0.4) is 0 Å². The van der Waals surface area contributed by atoms with Gasteiger partial charge in [0.25, 0.3) is 0 Å². The van der Waals surface area contributed by atoms with Crippen LogP contribution in [0.15, 0.2) is 112 Å². The van der Waals surface area contributed by atoms with Crippen LogP contribution in [0, 0.1) is 17.8 Å². The van der Waals surface area contributed by atoms with Gasteiger partial charge in [0.2, 0.25) is 11.8 Å². The maximum absolute atomic E-state index is 14.4. The molecule has 1 heterocycles. The summed E-state index contributed by atoms with van der Waals surface area (Å²) in [4.78, 5) is 56.9. The minimum Gasteiger partial charge on any atom is -0.507 e. The number of amides is 2. The summed E-state index contributed by atoms with van der Waals surface area (Å²) in [5.74, 6) is -2.46. The molecule has 4 atom stereocenters. The summed E-state index contributed by atoms with van der Waals surface area (Å²) >= 11 is 3.28. The Kier molecular flexibility index (Phi) is 8.10. The molecule has 1 N–H and O–H groups in total. The molecule has 8 nitrogen and oxygen atoms in total. The van der Waals surface area contributed by atoms with E-state index in [-0.39, 0.29) is 40.0 Å². The number of hydrogen-bond donors (Lipinski definition) is 1. The molecule has 0 aromatic heterocycles. The van der Waals surface area contributed by atoms with Gasteiger partial charge in [-0.05, 0) is 76.0 Å². The molecule has 254 valence electrons. The Morgan fingerprint density at radius 2 is 1.65 bits per heavy atom. The SMILES string of the molecule is COc1ccc(OC)c(C=Cc2ccc(N3C(=O)[C@H]4[C@H](CC=C5[C@H](c6ccc7ccccc7c6O)C6=C(C[C@H]54)C(=O)C(Br)=CC6=O)C3=O)cc2)c1. The van der Waals surface area contributed by atoms with Gasteiger partial charge >= 0.3 is 0 Å². The Morgan fingerprint density at radius 3 is 2.41 bits per heavy atom. The van der Waals surface area contributed by atoms with Gasteiger partial charge in [-0.15, -0.1) is 0 Å². The summed E-state index contributed by atoms with van der Waals surface area (Å²) in [6, 6.07) is 23.8. The number of halogens is 1. The zero-order chi connectivity index (χ0) is 35.6. The van der Waals surface area contributed by atoms with E-state index in [0.717, 1.165) is 22.1 Å². The second-order valence-electron chi connectivity index (χ2n) is 13.2. The molecule has 0 spiro atoms. The van der Waals surface area contributed by atoms with Crippen molar-refractivity contribution >= 4 is 67.9 Å². The van der Waals surface area contributed by atoms with E-state index in [0.29, 0.717) is 45.7 Å². The molecule has 1 aliphatic heterocycles. The first-order chi connectivity index (χ1) is 24.7. The first kappa shape index (κ1) is 32.7. The first-order valence-corrected chi connectivity index (χ1v) is 17.5. The highest BCUT2D eigenvalue weighted by atomic mass is 79.9. The third-order valence-corrected chi connectivity index (χ3v) is 11.2. The van der Waals surface area contributed by atoms with Crippen molar-refractivity contribution < 1.29 is 33.8 Å². The minimum atomic E-state index is -0.746. The number of Topliss-reactive ketones (excluding diaryl/α,β-unsaturated/α-hetero) is 1. The number of imide groups is 1. The third-order valence-electron chi connectivity index (χ3n) is 10.6. The van der Waals surface area contributed by atoms with Gasteiger partial charge in [-0.1, -0.05) is 72.3 Å². The Hall–Kier alpha value is -5.54. The van der Waals surface area contributed by atoms with Crippen LogP contribution in [0.1, 0.15) is 35.4 Å². The summed E-state index contributed by atoms with van der Waals surface area (Å²) < 4.78 is 11.0. The van der Waals surface area contributed by atoms with Gasteiger partial charge in [0.1, 0.15) is 17.2 Å². The molecule has 0 bridgehead atoms. The number of nitrogens with zero attached hydrogens (tertiary/aromatic N) is 1. The highest BCUT2D eigenvalue weighted by Gasteiger charge is 2.57. The maximum Gasteiger partial charge on any atom is 0.238 e. The van der Waals surface area contributed by atoms with Crippen LogP contribution in [-0.2, 0) is 19.2 Å². The van der Waals surface area contributed by atoms with E-state index in [1.54, 1.807) is 32.4 Å². The van der Waals surface area contributed by atoms with E-state index in [1.165, 1.54) is 11.0 Å². The highest BCUT2D eigenvalue weighted by Crippen LogP contribution is 2.57. The molecule has 4 aliphatic rings. The van der Waals surface area contributed by atoms with Crippen LogP contribution in [0.4, 0.5) is 5.69 Å². The zero-order valence-electron chi connectivity index (χ0n) is 27.8. The van der Waals surface area contributed by atoms with Gasteiger partial charge in [-0.2, -0.15) is 0 Å². The number of rotatable bonds is 6. The van der Waals surface area contributed by atoms with Crippen LogP contribution in [0.25, 0.3) is 22.9 Å².